The highest BCUT2D eigenvalue weighted by molar-refractivity contribution is 9.10. The number of amides is 1. The largest absolute Gasteiger partial charge is 0.449 e. The van der Waals surface area contributed by atoms with Crippen molar-refractivity contribution in [2.45, 2.75) is 13.0 Å². The van der Waals surface area contributed by atoms with Crippen molar-refractivity contribution in [1.82, 2.24) is 0 Å². The molecule has 114 valence electrons. The molecule has 2 aromatic rings. The van der Waals surface area contributed by atoms with E-state index in [9.17, 15) is 14.0 Å². The van der Waals surface area contributed by atoms with E-state index in [4.69, 9.17) is 4.74 Å². The molecule has 0 unspecified atom stereocenters. The summed E-state index contributed by atoms with van der Waals surface area (Å²) in [5.41, 5.74) is 0.780. The predicted molar refractivity (Wildman–Crippen MR) is 84.0 cm³/mol. The Morgan fingerprint density at radius 2 is 1.68 bits per heavy atom. The van der Waals surface area contributed by atoms with Crippen LogP contribution in [0.5, 0.6) is 0 Å². The molecule has 6 heteroatoms. The Balaban J connectivity index is 1.94. The van der Waals surface area contributed by atoms with E-state index in [-0.39, 0.29) is 5.56 Å². The second-order valence-electron chi connectivity index (χ2n) is 4.55. The number of ether oxygens (including phenoxy) is 1. The van der Waals surface area contributed by atoms with Gasteiger partial charge in [0.15, 0.2) is 6.10 Å². The molecule has 1 amide bonds. The lowest BCUT2D eigenvalue weighted by Gasteiger charge is -2.13. The van der Waals surface area contributed by atoms with Gasteiger partial charge in [-0.2, -0.15) is 0 Å². The van der Waals surface area contributed by atoms with Crippen molar-refractivity contribution in [1.29, 1.82) is 0 Å². The molecular formula is C16H13BrFNO3. The van der Waals surface area contributed by atoms with Gasteiger partial charge in [0.25, 0.3) is 5.91 Å². The number of halogens is 2. The SMILES string of the molecule is C[C@H](OC(=O)c1ccc(F)cc1)C(=O)Nc1ccc(Br)cc1. The number of rotatable bonds is 4. The minimum absolute atomic E-state index is 0.185. The highest BCUT2D eigenvalue weighted by atomic mass is 79.9. The lowest BCUT2D eigenvalue weighted by molar-refractivity contribution is -0.123. The minimum atomic E-state index is -0.971. The highest BCUT2D eigenvalue weighted by Gasteiger charge is 2.19. The lowest BCUT2D eigenvalue weighted by Crippen LogP contribution is -2.30. The van der Waals surface area contributed by atoms with Crippen LogP contribution in [-0.2, 0) is 9.53 Å². The summed E-state index contributed by atoms with van der Waals surface area (Å²) < 4.78 is 18.7. The molecule has 1 atom stereocenters. The molecule has 0 aromatic heterocycles. The third-order valence-electron chi connectivity index (χ3n) is 2.84. The van der Waals surface area contributed by atoms with Crippen molar-refractivity contribution in [2.75, 3.05) is 5.32 Å². The molecule has 0 bridgehead atoms. The molecular weight excluding hydrogens is 353 g/mol. The molecule has 22 heavy (non-hydrogen) atoms. The maximum atomic E-state index is 12.8. The van der Waals surface area contributed by atoms with Crippen LogP contribution in [0.15, 0.2) is 53.0 Å². The maximum Gasteiger partial charge on any atom is 0.338 e. The Morgan fingerprint density at radius 3 is 2.27 bits per heavy atom. The summed E-state index contributed by atoms with van der Waals surface area (Å²) >= 11 is 3.30. The zero-order valence-electron chi connectivity index (χ0n) is 11.7. The molecule has 0 aliphatic carbocycles. The number of nitrogens with one attached hydrogen (secondary N) is 1. The summed E-state index contributed by atoms with van der Waals surface area (Å²) in [5.74, 6) is -1.58. The second kappa shape index (κ2) is 7.17. The van der Waals surface area contributed by atoms with E-state index in [1.807, 2.05) is 0 Å². The van der Waals surface area contributed by atoms with Gasteiger partial charge in [-0.15, -0.1) is 0 Å². The van der Waals surface area contributed by atoms with Crippen molar-refractivity contribution >= 4 is 33.5 Å². The van der Waals surface area contributed by atoms with Crippen LogP contribution in [-0.4, -0.2) is 18.0 Å². The van der Waals surface area contributed by atoms with Crippen molar-refractivity contribution < 1.29 is 18.7 Å². The number of hydrogen-bond donors (Lipinski definition) is 1. The molecule has 0 aliphatic rings. The van der Waals surface area contributed by atoms with Gasteiger partial charge < -0.3 is 10.1 Å². The van der Waals surface area contributed by atoms with E-state index >= 15 is 0 Å². The summed E-state index contributed by atoms with van der Waals surface area (Å²) in [4.78, 5) is 23.8. The topological polar surface area (TPSA) is 55.4 Å². The molecule has 2 aromatic carbocycles. The molecule has 4 nitrogen and oxygen atoms in total. The molecule has 0 saturated heterocycles. The van der Waals surface area contributed by atoms with Gasteiger partial charge in [0, 0.05) is 10.2 Å². The van der Waals surface area contributed by atoms with Crippen molar-refractivity contribution in [3.63, 3.8) is 0 Å². The Labute approximate surface area is 135 Å². The van der Waals surface area contributed by atoms with Crippen LogP contribution in [0.3, 0.4) is 0 Å². The molecule has 0 radical (unpaired) electrons. The minimum Gasteiger partial charge on any atom is -0.449 e. The Hall–Kier alpha value is -2.21. The van der Waals surface area contributed by atoms with Crippen LogP contribution >= 0.6 is 15.9 Å². The van der Waals surface area contributed by atoms with Crippen LogP contribution in [0.1, 0.15) is 17.3 Å². The van der Waals surface area contributed by atoms with Crippen LogP contribution in [0.25, 0.3) is 0 Å². The highest BCUT2D eigenvalue weighted by Crippen LogP contribution is 2.15. The van der Waals surface area contributed by atoms with Gasteiger partial charge in [0.2, 0.25) is 0 Å². The Morgan fingerprint density at radius 1 is 1.09 bits per heavy atom. The molecule has 0 aliphatic heterocycles. The maximum absolute atomic E-state index is 12.8. The quantitative estimate of drug-likeness (QED) is 0.839. The van der Waals surface area contributed by atoms with E-state index in [0.717, 1.165) is 16.6 Å². The van der Waals surface area contributed by atoms with E-state index in [1.165, 1.54) is 19.1 Å². The molecule has 2 rings (SSSR count). The standard InChI is InChI=1S/C16H13BrFNO3/c1-10(15(20)19-14-8-4-12(17)5-9-14)22-16(21)11-2-6-13(18)7-3-11/h2-10H,1H3,(H,19,20)/t10-/m0/s1. The number of anilines is 1. The third kappa shape index (κ3) is 4.39. The van der Waals surface area contributed by atoms with E-state index in [1.54, 1.807) is 24.3 Å². The van der Waals surface area contributed by atoms with E-state index < -0.39 is 23.8 Å². The number of hydrogen-bond acceptors (Lipinski definition) is 3. The number of carbonyl (C=O) groups excluding carboxylic acids is 2. The fourth-order valence-corrected chi connectivity index (χ4v) is 1.91. The zero-order chi connectivity index (χ0) is 16.1. The number of carbonyl (C=O) groups is 2. The van der Waals surface area contributed by atoms with Gasteiger partial charge >= 0.3 is 5.97 Å². The van der Waals surface area contributed by atoms with Gasteiger partial charge in [-0.25, -0.2) is 9.18 Å². The third-order valence-corrected chi connectivity index (χ3v) is 3.37. The summed E-state index contributed by atoms with van der Waals surface area (Å²) in [6.07, 6.45) is -0.971. The van der Waals surface area contributed by atoms with Gasteiger partial charge in [0.05, 0.1) is 5.56 Å². The molecule has 0 fully saturated rings. The van der Waals surface area contributed by atoms with Crippen LogP contribution in [0, 0.1) is 5.82 Å². The average Bonchev–Trinajstić information content (AvgIpc) is 2.50. The van der Waals surface area contributed by atoms with Gasteiger partial charge in [-0.05, 0) is 55.5 Å². The van der Waals surface area contributed by atoms with Crippen LogP contribution in [0.2, 0.25) is 0 Å². The normalized spacial score (nSPS) is 11.6. The van der Waals surface area contributed by atoms with Crippen LogP contribution < -0.4 is 5.32 Å². The first kappa shape index (κ1) is 16.2. The number of benzene rings is 2. The Kier molecular flexibility index (Phi) is 5.27. The summed E-state index contributed by atoms with van der Waals surface area (Å²) in [7, 11) is 0. The average molecular weight is 366 g/mol. The Bertz CT molecular complexity index is 671. The first-order valence-electron chi connectivity index (χ1n) is 6.48. The fourth-order valence-electron chi connectivity index (χ4n) is 1.65. The van der Waals surface area contributed by atoms with Gasteiger partial charge in [0.1, 0.15) is 5.82 Å². The summed E-state index contributed by atoms with van der Waals surface area (Å²) in [6, 6.07) is 11.9. The first-order chi connectivity index (χ1) is 10.5. The zero-order valence-corrected chi connectivity index (χ0v) is 13.3. The van der Waals surface area contributed by atoms with Crippen LogP contribution in [0.4, 0.5) is 10.1 Å². The van der Waals surface area contributed by atoms with Crippen molar-refractivity contribution in [2.24, 2.45) is 0 Å². The summed E-state index contributed by atoms with van der Waals surface area (Å²) in [6.45, 7) is 1.47. The van der Waals surface area contributed by atoms with Gasteiger partial charge in [-0.1, -0.05) is 15.9 Å². The van der Waals surface area contributed by atoms with Crippen molar-refractivity contribution in [3.8, 4) is 0 Å². The monoisotopic (exact) mass is 365 g/mol. The molecule has 0 heterocycles. The fraction of sp³-hybridized carbons (Fsp3) is 0.125. The molecule has 0 spiro atoms. The smallest absolute Gasteiger partial charge is 0.338 e. The molecule has 1 N–H and O–H groups in total. The van der Waals surface area contributed by atoms with E-state index in [2.05, 4.69) is 21.2 Å². The van der Waals surface area contributed by atoms with E-state index in [0.29, 0.717) is 5.69 Å². The first-order valence-corrected chi connectivity index (χ1v) is 7.28. The lowest BCUT2D eigenvalue weighted by atomic mass is 10.2. The summed E-state index contributed by atoms with van der Waals surface area (Å²) in [5, 5.41) is 2.64. The predicted octanol–water partition coefficient (Wildman–Crippen LogP) is 3.77. The second-order valence-corrected chi connectivity index (χ2v) is 5.47. The van der Waals surface area contributed by atoms with Crippen molar-refractivity contribution in [3.05, 3.63) is 64.4 Å². The molecule has 0 saturated carbocycles. The van der Waals surface area contributed by atoms with Gasteiger partial charge in [-0.3, -0.25) is 4.79 Å². The number of esters is 1.